The molecule has 0 aliphatic heterocycles. The van der Waals surface area contributed by atoms with Gasteiger partial charge in [0.2, 0.25) is 0 Å². The van der Waals surface area contributed by atoms with Gasteiger partial charge in [0.05, 0.1) is 0 Å². The highest BCUT2D eigenvalue weighted by molar-refractivity contribution is 5.71. The lowest BCUT2D eigenvalue weighted by Crippen LogP contribution is -2.30. The van der Waals surface area contributed by atoms with E-state index in [0.29, 0.717) is 19.3 Å². The monoisotopic (exact) mass is 1070 g/mol. The van der Waals surface area contributed by atoms with E-state index >= 15 is 0 Å². The first kappa shape index (κ1) is 73.3. The second-order valence-electron chi connectivity index (χ2n) is 21.6. The highest BCUT2D eigenvalue weighted by Crippen LogP contribution is 2.16. The molecule has 0 radical (unpaired) electrons. The van der Waals surface area contributed by atoms with E-state index in [1.165, 1.54) is 167 Å². The first-order chi connectivity index (χ1) is 38.0. The van der Waals surface area contributed by atoms with Crippen LogP contribution in [0.3, 0.4) is 0 Å². The van der Waals surface area contributed by atoms with E-state index in [1.807, 2.05) is 0 Å². The van der Waals surface area contributed by atoms with Crippen LogP contribution in [0.4, 0.5) is 0 Å². The Bertz CT molecular complexity index is 1510. The minimum absolute atomic E-state index is 0.0832. The van der Waals surface area contributed by atoms with Gasteiger partial charge in [-0.3, -0.25) is 14.4 Å². The molecule has 0 aliphatic carbocycles. The van der Waals surface area contributed by atoms with Crippen molar-refractivity contribution in [1.29, 1.82) is 0 Å². The Kier molecular flexibility index (Phi) is 61.8. The summed E-state index contributed by atoms with van der Waals surface area (Å²) < 4.78 is 16.9. The smallest absolute Gasteiger partial charge is 0.306 e. The van der Waals surface area contributed by atoms with Gasteiger partial charge in [-0.1, -0.05) is 279 Å². The van der Waals surface area contributed by atoms with E-state index in [4.69, 9.17) is 14.2 Å². The molecule has 0 rings (SSSR count). The molecule has 1 unspecified atom stereocenters. The summed E-state index contributed by atoms with van der Waals surface area (Å²) in [6.45, 7) is 6.49. The molecule has 6 heteroatoms. The number of allylic oxidation sites excluding steroid dienone is 16. The molecule has 77 heavy (non-hydrogen) atoms. The van der Waals surface area contributed by atoms with Crippen molar-refractivity contribution >= 4 is 17.9 Å². The van der Waals surface area contributed by atoms with Gasteiger partial charge in [-0.05, 0) is 116 Å². The second kappa shape index (κ2) is 64.9. The van der Waals surface area contributed by atoms with E-state index in [1.54, 1.807) is 0 Å². The molecule has 0 aromatic rings. The van der Waals surface area contributed by atoms with E-state index < -0.39 is 6.10 Å². The molecule has 0 fully saturated rings. The average Bonchev–Trinajstić information content (AvgIpc) is 3.43. The molecule has 0 spiro atoms. The van der Waals surface area contributed by atoms with E-state index in [2.05, 4.69) is 118 Å². The average molecular weight is 1070 g/mol. The molecule has 442 valence electrons. The quantitative estimate of drug-likeness (QED) is 0.0261. The summed E-state index contributed by atoms with van der Waals surface area (Å²) >= 11 is 0. The van der Waals surface area contributed by atoms with Gasteiger partial charge in [0.1, 0.15) is 13.2 Å². The third-order valence-electron chi connectivity index (χ3n) is 14.0. The molecule has 0 bridgehead atoms. The number of ether oxygens (including phenoxy) is 3. The zero-order valence-electron chi connectivity index (χ0n) is 50.7. The van der Waals surface area contributed by atoms with Crippen LogP contribution in [0.5, 0.6) is 0 Å². The molecular formula is C71H122O6. The lowest BCUT2D eigenvalue weighted by molar-refractivity contribution is -0.167. The van der Waals surface area contributed by atoms with Gasteiger partial charge in [-0.15, -0.1) is 0 Å². The van der Waals surface area contributed by atoms with Gasteiger partial charge < -0.3 is 14.2 Å². The van der Waals surface area contributed by atoms with Gasteiger partial charge in [0.15, 0.2) is 6.10 Å². The molecule has 0 saturated heterocycles. The lowest BCUT2D eigenvalue weighted by Gasteiger charge is -2.18. The van der Waals surface area contributed by atoms with Crippen LogP contribution < -0.4 is 0 Å². The maximum atomic E-state index is 12.9. The number of carbonyl (C=O) groups is 3. The van der Waals surface area contributed by atoms with Crippen LogP contribution in [0.25, 0.3) is 0 Å². The molecular weight excluding hydrogens is 949 g/mol. The first-order valence-corrected chi connectivity index (χ1v) is 32.7. The Morgan fingerprint density at radius 3 is 0.844 bits per heavy atom. The minimum atomic E-state index is -0.787. The third-order valence-corrected chi connectivity index (χ3v) is 14.0. The van der Waals surface area contributed by atoms with E-state index in [9.17, 15) is 14.4 Å². The number of carbonyl (C=O) groups excluding carboxylic acids is 3. The Morgan fingerprint density at radius 2 is 0.519 bits per heavy atom. The maximum Gasteiger partial charge on any atom is 0.306 e. The molecule has 6 nitrogen and oxygen atoms in total. The fourth-order valence-corrected chi connectivity index (χ4v) is 9.13. The summed E-state index contributed by atoms with van der Waals surface area (Å²) in [5.74, 6) is -0.893. The highest BCUT2D eigenvalue weighted by atomic mass is 16.6. The molecule has 0 N–H and O–H groups in total. The molecule has 0 amide bonds. The predicted octanol–water partition coefficient (Wildman–Crippen LogP) is 22.4. The molecule has 0 saturated carbocycles. The molecule has 0 aromatic carbocycles. The molecule has 0 aromatic heterocycles. The van der Waals surface area contributed by atoms with Crippen molar-refractivity contribution in [2.75, 3.05) is 13.2 Å². The van der Waals surface area contributed by atoms with Crippen molar-refractivity contribution in [2.24, 2.45) is 0 Å². The maximum absolute atomic E-state index is 12.9. The number of esters is 3. The second-order valence-corrected chi connectivity index (χ2v) is 21.6. The Hall–Kier alpha value is -3.67. The first-order valence-electron chi connectivity index (χ1n) is 32.7. The Morgan fingerprint density at radius 1 is 0.273 bits per heavy atom. The normalized spacial score (nSPS) is 12.7. The van der Waals surface area contributed by atoms with Gasteiger partial charge >= 0.3 is 17.9 Å². The predicted molar refractivity (Wildman–Crippen MR) is 334 cm³/mol. The fourth-order valence-electron chi connectivity index (χ4n) is 9.13. The van der Waals surface area contributed by atoms with Crippen LogP contribution in [-0.2, 0) is 28.6 Å². The Labute approximate surface area is 477 Å². The van der Waals surface area contributed by atoms with Crippen LogP contribution in [0.2, 0.25) is 0 Å². The van der Waals surface area contributed by atoms with Crippen molar-refractivity contribution < 1.29 is 28.6 Å². The van der Waals surface area contributed by atoms with Crippen molar-refractivity contribution in [3.8, 4) is 0 Å². The third kappa shape index (κ3) is 63.0. The summed E-state index contributed by atoms with van der Waals surface area (Å²) in [5, 5.41) is 0. The van der Waals surface area contributed by atoms with Crippen LogP contribution in [0, 0.1) is 0 Å². The summed E-state index contributed by atoms with van der Waals surface area (Å²) in [6.07, 6.45) is 87.0. The van der Waals surface area contributed by atoms with Crippen LogP contribution >= 0.6 is 0 Å². The van der Waals surface area contributed by atoms with Crippen molar-refractivity contribution in [1.82, 2.24) is 0 Å². The van der Waals surface area contributed by atoms with Crippen molar-refractivity contribution in [2.45, 2.75) is 322 Å². The molecule has 0 aliphatic rings. The van der Waals surface area contributed by atoms with Crippen LogP contribution in [0.1, 0.15) is 316 Å². The number of unbranched alkanes of at least 4 members (excludes halogenated alkanes) is 32. The SMILES string of the molecule is CC/C=C\C/C=C\C/C=C\C/C=C\CCCCCCCCCCCCCCC(=O)OCC(COC(=O)CCCCCCC/C=C\CCCC)OC(=O)CCCCCCCCCC/C=C\C/C=C\C/C=C\CCCCCCC. The zero-order valence-corrected chi connectivity index (χ0v) is 50.7. The van der Waals surface area contributed by atoms with E-state index in [0.717, 1.165) is 109 Å². The lowest BCUT2D eigenvalue weighted by atomic mass is 10.0. The van der Waals surface area contributed by atoms with E-state index in [-0.39, 0.29) is 31.1 Å². The van der Waals surface area contributed by atoms with Gasteiger partial charge in [-0.2, -0.15) is 0 Å². The summed E-state index contributed by atoms with van der Waals surface area (Å²) in [4.78, 5) is 38.3. The summed E-state index contributed by atoms with van der Waals surface area (Å²) in [7, 11) is 0. The highest BCUT2D eigenvalue weighted by Gasteiger charge is 2.19. The number of hydrogen-bond donors (Lipinski definition) is 0. The number of rotatable bonds is 59. The summed E-state index contributed by atoms with van der Waals surface area (Å²) in [6, 6.07) is 0. The van der Waals surface area contributed by atoms with Crippen LogP contribution in [-0.4, -0.2) is 37.2 Å². The van der Waals surface area contributed by atoms with Crippen LogP contribution in [0.15, 0.2) is 97.2 Å². The molecule has 1 atom stereocenters. The largest absolute Gasteiger partial charge is 0.462 e. The standard InChI is InChI=1S/C71H122O6/c1-4-7-10-13-16-19-22-24-26-28-30-32-34-35-37-38-40-42-44-46-49-52-55-58-61-64-70(73)76-67-68(66-75-69(72)63-60-57-54-51-48-21-18-15-12-9-6-3)77-71(74)65-62-59-56-53-50-47-45-43-41-39-36-33-31-29-27-25-23-20-17-14-11-8-5-2/h7,10,15-16,18-19,23-26,29-32,36,39,68H,4-6,8-9,11-14,17,20-22,27-28,33-35,37-38,40-67H2,1-3H3/b10-7-,18-15-,19-16-,25-23-,26-24-,31-29-,32-30-,39-36-. The minimum Gasteiger partial charge on any atom is -0.462 e. The van der Waals surface area contributed by atoms with Crippen molar-refractivity contribution in [3.05, 3.63) is 97.2 Å². The molecule has 0 heterocycles. The summed E-state index contributed by atoms with van der Waals surface area (Å²) in [5.41, 5.74) is 0. The Balaban J connectivity index is 4.29. The van der Waals surface area contributed by atoms with Crippen molar-refractivity contribution in [3.63, 3.8) is 0 Å². The van der Waals surface area contributed by atoms with Gasteiger partial charge in [0, 0.05) is 19.3 Å². The topological polar surface area (TPSA) is 78.9 Å². The van der Waals surface area contributed by atoms with Gasteiger partial charge in [-0.25, -0.2) is 0 Å². The van der Waals surface area contributed by atoms with Gasteiger partial charge in [0.25, 0.3) is 0 Å². The fraction of sp³-hybridized carbons (Fsp3) is 0.732. The zero-order chi connectivity index (χ0) is 55.7. The number of hydrogen-bond acceptors (Lipinski definition) is 6.